The Morgan fingerprint density at radius 2 is 1.93 bits per heavy atom. The van der Waals surface area contributed by atoms with Gasteiger partial charge in [-0.15, -0.1) is 0 Å². The Hall–Kier alpha value is -0.610. The predicted molar refractivity (Wildman–Crippen MR) is 54.8 cm³/mol. The molecule has 0 fully saturated rings. The molecule has 1 unspecified atom stereocenters. The summed E-state index contributed by atoms with van der Waals surface area (Å²) in [5, 5.41) is 17.9. The Labute approximate surface area is 85.5 Å². The normalized spacial score (nSPS) is 13.9. The summed E-state index contributed by atoms with van der Waals surface area (Å²) < 4.78 is 0. The van der Waals surface area contributed by atoms with Gasteiger partial charge in [-0.05, 0) is 6.92 Å². The molecule has 0 aromatic rings. The lowest BCUT2D eigenvalue weighted by Crippen LogP contribution is -2.44. The average molecular weight is 203 g/mol. The maximum Gasteiger partial charge on any atom is 0.228 e. The van der Waals surface area contributed by atoms with Crippen LogP contribution >= 0.6 is 0 Å². The van der Waals surface area contributed by atoms with Gasteiger partial charge in [0.2, 0.25) is 5.91 Å². The zero-order chi connectivity index (χ0) is 11.4. The number of likely N-dealkylation sites (N-methyl/N-ethyl adjacent to an activating group) is 1. The molecule has 1 amide bonds. The Kier molecular flexibility index (Phi) is 5.08. The van der Waals surface area contributed by atoms with Crippen molar-refractivity contribution in [2.75, 3.05) is 19.7 Å². The lowest BCUT2D eigenvalue weighted by atomic mass is 9.94. The van der Waals surface area contributed by atoms with Crippen molar-refractivity contribution in [2.24, 2.45) is 5.41 Å². The van der Waals surface area contributed by atoms with Gasteiger partial charge < -0.3 is 15.1 Å². The minimum absolute atomic E-state index is 0.00694. The van der Waals surface area contributed by atoms with Crippen LogP contribution in [0.1, 0.15) is 27.7 Å². The van der Waals surface area contributed by atoms with E-state index in [0.717, 1.165) is 0 Å². The quantitative estimate of drug-likeness (QED) is 0.688. The minimum atomic E-state index is -0.846. The molecule has 14 heavy (non-hydrogen) atoms. The largest absolute Gasteiger partial charge is 0.394 e. The highest BCUT2D eigenvalue weighted by Crippen LogP contribution is 2.17. The highest BCUT2D eigenvalue weighted by molar-refractivity contribution is 5.81. The molecule has 0 saturated carbocycles. The van der Waals surface area contributed by atoms with Crippen LogP contribution in [0.5, 0.6) is 0 Å². The molecule has 4 heteroatoms. The number of aliphatic hydroxyl groups is 2. The fraction of sp³-hybridized carbons (Fsp3) is 0.900. The summed E-state index contributed by atoms with van der Waals surface area (Å²) in [6.07, 6.45) is -0.846. The lowest BCUT2D eigenvalue weighted by molar-refractivity contribution is -0.141. The Bertz CT molecular complexity index is 186. The molecule has 4 nitrogen and oxygen atoms in total. The van der Waals surface area contributed by atoms with Gasteiger partial charge in [-0.3, -0.25) is 4.79 Å². The van der Waals surface area contributed by atoms with Crippen LogP contribution in [-0.4, -0.2) is 46.8 Å². The van der Waals surface area contributed by atoms with Crippen LogP contribution in [0.2, 0.25) is 0 Å². The van der Waals surface area contributed by atoms with Gasteiger partial charge in [0, 0.05) is 18.5 Å². The molecule has 0 aliphatic rings. The molecular weight excluding hydrogens is 182 g/mol. The number of carbonyl (C=O) groups is 1. The van der Waals surface area contributed by atoms with E-state index in [0.29, 0.717) is 6.54 Å². The van der Waals surface area contributed by atoms with E-state index < -0.39 is 11.5 Å². The third-order valence-corrected chi connectivity index (χ3v) is 1.95. The van der Waals surface area contributed by atoms with Crippen molar-refractivity contribution in [1.82, 2.24) is 4.90 Å². The van der Waals surface area contributed by atoms with Gasteiger partial charge in [0.1, 0.15) is 0 Å². The minimum Gasteiger partial charge on any atom is -0.394 e. The first-order chi connectivity index (χ1) is 6.32. The van der Waals surface area contributed by atoms with Gasteiger partial charge in [-0.25, -0.2) is 0 Å². The third-order valence-electron chi connectivity index (χ3n) is 1.95. The smallest absolute Gasteiger partial charge is 0.228 e. The maximum atomic E-state index is 11.8. The van der Waals surface area contributed by atoms with E-state index in [2.05, 4.69) is 0 Å². The third kappa shape index (κ3) is 4.07. The van der Waals surface area contributed by atoms with Gasteiger partial charge in [-0.2, -0.15) is 0 Å². The summed E-state index contributed by atoms with van der Waals surface area (Å²) in [5.41, 5.74) is -0.439. The lowest BCUT2D eigenvalue weighted by Gasteiger charge is -2.29. The summed E-state index contributed by atoms with van der Waals surface area (Å²) in [5.74, 6) is -0.00694. The monoisotopic (exact) mass is 203 g/mol. The van der Waals surface area contributed by atoms with Crippen LogP contribution in [0.4, 0.5) is 0 Å². The van der Waals surface area contributed by atoms with Crippen LogP contribution in [-0.2, 0) is 4.79 Å². The van der Waals surface area contributed by atoms with Crippen LogP contribution in [0.15, 0.2) is 0 Å². The van der Waals surface area contributed by atoms with Crippen molar-refractivity contribution in [1.29, 1.82) is 0 Å². The highest BCUT2D eigenvalue weighted by atomic mass is 16.3. The summed E-state index contributed by atoms with van der Waals surface area (Å²) in [4.78, 5) is 13.3. The van der Waals surface area contributed by atoms with Crippen molar-refractivity contribution >= 4 is 5.91 Å². The van der Waals surface area contributed by atoms with Gasteiger partial charge in [0.05, 0.1) is 12.7 Å². The Morgan fingerprint density at radius 1 is 1.43 bits per heavy atom. The fourth-order valence-corrected chi connectivity index (χ4v) is 1.14. The van der Waals surface area contributed by atoms with Crippen molar-refractivity contribution in [3.05, 3.63) is 0 Å². The van der Waals surface area contributed by atoms with Crippen molar-refractivity contribution < 1.29 is 15.0 Å². The number of hydrogen-bond donors (Lipinski definition) is 2. The molecule has 0 radical (unpaired) electrons. The van der Waals surface area contributed by atoms with E-state index in [1.165, 1.54) is 0 Å². The topological polar surface area (TPSA) is 60.8 Å². The summed E-state index contributed by atoms with van der Waals surface area (Å²) >= 11 is 0. The van der Waals surface area contributed by atoms with E-state index in [1.54, 1.807) is 4.90 Å². The molecule has 1 atom stereocenters. The van der Waals surface area contributed by atoms with E-state index in [4.69, 9.17) is 5.11 Å². The number of carbonyl (C=O) groups excluding carboxylic acids is 1. The molecule has 0 aromatic heterocycles. The number of aliphatic hydroxyl groups excluding tert-OH is 2. The molecule has 0 aliphatic heterocycles. The second-order valence-corrected chi connectivity index (χ2v) is 4.43. The van der Waals surface area contributed by atoms with Crippen molar-refractivity contribution in [2.45, 2.75) is 33.8 Å². The predicted octanol–water partition coefficient (Wildman–Crippen LogP) is 0.234. The van der Waals surface area contributed by atoms with Gasteiger partial charge in [0.15, 0.2) is 0 Å². The summed E-state index contributed by atoms with van der Waals surface area (Å²) in [6.45, 7) is 7.80. The number of rotatable bonds is 4. The number of hydrogen-bond acceptors (Lipinski definition) is 3. The van der Waals surface area contributed by atoms with Crippen molar-refractivity contribution in [3.63, 3.8) is 0 Å². The Morgan fingerprint density at radius 3 is 2.21 bits per heavy atom. The van der Waals surface area contributed by atoms with E-state index in [1.807, 2.05) is 27.7 Å². The van der Waals surface area contributed by atoms with Crippen LogP contribution < -0.4 is 0 Å². The maximum absolute atomic E-state index is 11.8. The molecule has 0 aromatic carbocycles. The second kappa shape index (κ2) is 5.32. The molecule has 2 N–H and O–H groups in total. The standard InChI is InChI=1S/C10H21NO3/c1-5-11(6-8(13)7-12)9(14)10(2,3)4/h8,12-13H,5-7H2,1-4H3. The molecule has 0 spiro atoms. The van der Waals surface area contributed by atoms with Gasteiger partial charge in [0.25, 0.3) is 0 Å². The van der Waals surface area contributed by atoms with E-state index in [9.17, 15) is 9.90 Å². The Balaban J connectivity index is 4.35. The molecule has 0 saturated heterocycles. The van der Waals surface area contributed by atoms with Crippen molar-refractivity contribution in [3.8, 4) is 0 Å². The molecule has 0 aliphatic carbocycles. The molecular formula is C10H21NO3. The molecule has 84 valence electrons. The van der Waals surface area contributed by atoms with Gasteiger partial charge in [-0.1, -0.05) is 20.8 Å². The second-order valence-electron chi connectivity index (χ2n) is 4.43. The first kappa shape index (κ1) is 13.4. The number of nitrogens with zero attached hydrogens (tertiary/aromatic N) is 1. The van der Waals surface area contributed by atoms with Crippen LogP contribution in [0.25, 0.3) is 0 Å². The number of amides is 1. The summed E-state index contributed by atoms with van der Waals surface area (Å²) in [7, 11) is 0. The SMILES string of the molecule is CCN(CC(O)CO)C(=O)C(C)(C)C. The zero-order valence-corrected chi connectivity index (χ0v) is 9.45. The first-order valence-electron chi connectivity index (χ1n) is 4.91. The average Bonchev–Trinajstić information content (AvgIpc) is 2.11. The van der Waals surface area contributed by atoms with E-state index >= 15 is 0 Å². The fourth-order valence-electron chi connectivity index (χ4n) is 1.14. The molecule has 0 bridgehead atoms. The summed E-state index contributed by atoms with van der Waals surface area (Å²) in [6, 6.07) is 0. The molecule has 0 heterocycles. The van der Waals surface area contributed by atoms with Crippen LogP contribution in [0, 0.1) is 5.41 Å². The van der Waals surface area contributed by atoms with E-state index in [-0.39, 0.29) is 19.1 Å². The molecule has 0 rings (SSSR count). The van der Waals surface area contributed by atoms with Crippen LogP contribution in [0.3, 0.4) is 0 Å². The highest BCUT2D eigenvalue weighted by Gasteiger charge is 2.27. The first-order valence-corrected chi connectivity index (χ1v) is 4.91. The van der Waals surface area contributed by atoms with Gasteiger partial charge >= 0.3 is 0 Å². The zero-order valence-electron chi connectivity index (χ0n) is 9.45.